The van der Waals surface area contributed by atoms with Crippen LogP contribution in [0.1, 0.15) is 20.3 Å². The van der Waals surface area contributed by atoms with Crippen molar-refractivity contribution in [2.75, 3.05) is 0 Å². The Morgan fingerprint density at radius 1 is 1.33 bits per heavy atom. The van der Waals surface area contributed by atoms with Gasteiger partial charge in [0, 0.05) is 6.42 Å². The standard InChI is InChI=1S/C6H12O3/c1-4-3-6(7)9-5(2)8-4/h4-7H,3H2,1-2H3/t4-,5+,6+/m1/s1. The molecule has 0 spiro atoms. The second-order valence-electron chi connectivity index (χ2n) is 2.34. The van der Waals surface area contributed by atoms with Crippen LogP contribution in [0.15, 0.2) is 0 Å². The second-order valence-corrected chi connectivity index (χ2v) is 2.34. The summed E-state index contributed by atoms with van der Waals surface area (Å²) < 4.78 is 10.1. The summed E-state index contributed by atoms with van der Waals surface area (Å²) in [4.78, 5) is 0. The lowest BCUT2D eigenvalue weighted by Gasteiger charge is -2.29. The van der Waals surface area contributed by atoms with Crippen LogP contribution in [0.25, 0.3) is 0 Å². The van der Waals surface area contributed by atoms with Gasteiger partial charge in [-0.15, -0.1) is 0 Å². The number of hydrogen-bond acceptors (Lipinski definition) is 3. The van der Waals surface area contributed by atoms with Crippen LogP contribution in [-0.2, 0) is 9.47 Å². The molecule has 0 saturated carbocycles. The van der Waals surface area contributed by atoms with E-state index in [9.17, 15) is 0 Å². The number of aliphatic hydroxyl groups is 1. The third-order valence-electron chi connectivity index (χ3n) is 1.31. The maximum Gasteiger partial charge on any atom is 0.160 e. The summed E-state index contributed by atoms with van der Waals surface area (Å²) in [5.74, 6) is 0. The minimum atomic E-state index is -0.635. The van der Waals surface area contributed by atoms with Gasteiger partial charge in [-0.1, -0.05) is 0 Å². The van der Waals surface area contributed by atoms with E-state index in [-0.39, 0.29) is 12.4 Å². The molecule has 0 aliphatic carbocycles. The van der Waals surface area contributed by atoms with Crippen molar-refractivity contribution in [2.45, 2.75) is 39.0 Å². The maximum atomic E-state index is 8.95. The van der Waals surface area contributed by atoms with Crippen molar-refractivity contribution in [1.29, 1.82) is 0 Å². The molecule has 3 atom stereocenters. The van der Waals surface area contributed by atoms with Gasteiger partial charge < -0.3 is 14.6 Å². The number of ether oxygens (including phenoxy) is 2. The van der Waals surface area contributed by atoms with Crippen LogP contribution >= 0.6 is 0 Å². The van der Waals surface area contributed by atoms with Gasteiger partial charge in [-0.25, -0.2) is 0 Å². The highest BCUT2D eigenvalue weighted by atomic mass is 16.7. The van der Waals surface area contributed by atoms with E-state index in [4.69, 9.17) is 14.6 Å². The average Bonchev–Trinajstić information content (AvgIpc) is 1.59. The molecule has 0 aromatic carbocycles. The van der Waals surface area contributed by atoms with Crippen LogP contribution in [0, 0.1) is 0 Å². The van der Waals surface area contributed by atoms with Gasteiger partial charge in [-0.3, -0.25) is 0 Å². The quantitative estimate of drug-likeness (QED) is 0.521. The van der Waals surface area contributed by atoms with Crippen LogP contribution < -0.4 is 0 Å². The molecule has 0 radical (unpaired) electrons. The molecule has 0 unspecified atom stereocenters. The Balaban J connectivity index is 2.34. The molecule has 1 aliphatic rings. The molecule has 0 aromatic heterocycles. The van der Waals surface area contributed by atoms with Gasteiger partial charge in [0.25, 0.3) is 0 Å². The Morgan fingerprint density at radius 3 is 2.44 bits per heavy atom. The first-order chi connectivity index (χ1) is 4.18. The van der Waals surface area contributed by atoms with Gasteiger partial charge in [0.1, 0.15) is 0 Å². The minimum Gasteiger partial charge on any atom is -0.368 e. The first-order valence-electron chi connectivity index (χ1n) is 3.17. The first-order valence-corrected chi connectivity index (χ1v) is 3.17. The fourth-order valence-electron chi connectivity index (χ4n) is 0.975. The lowest BCUT2D eigenvalue weighted by atomic mass is 10.2. The van der Waals surface area contributed by atoms with E-state index in [1.807, 2.05) is 6.92 Å². The zero-order chi connectivity index (χ0) is 6.85. The summed E-state index contributed by atoms with van der Waals surface area (Å²) in [6, 6.07) is 0. The van der Waals surface area contributed by atoms with Crippen molar-refractivity contribution in [2.24, 2.45) is 0 Å². The fraction of sp³-hybridized carbons (Fsp3) is 1.00. The fourth-order valence-corrected chi connectivity index (χ4v) is 0.975. The molecule has 1 rings (SSSR count). The average molecular weight is 132 g/mol. The minimum absolute atomic E-state index is 0.115. The second kappa shape index (κ2) is 2.64. The highest BCUT2D eigenvalue weighted by Gasteiger charge is 2.22. The highest BCUT2D eigenvalue weighted by molar-refractivity contribution is 4.58. The van der Waals surface area contributed by atoms with Gasteiger partial charge in [-0.2, -0.15) is 0 Å². The molecule has 1 saturated heterocycles. The third kappa shape index (κ3) is 1.93. The molecule has 3 heteroatoms. The molecule has 0 amide bonds. The lowest BCUT2D eigenvalue weighted by Crippen LogP contribution is -2.34. The molecule has 0 aromatic rings. The topological polar surface area (TPSA) is 38.7 Å². The molecular weight excluding hydrogens is 120 g/mol. The number of aliphatic hydroxyl groups excluding tert-OH is 1. The largest absolute Gasteiger partial charge is 0.368 e. The van der Waals surface area contributed by atoms with Gasteiger partial charge in [-0.05, 0) is 13.8 Å². The van der Waals surface area contributed by atoms with Gasteiger partial charge >= 0.3 is 0 Å². The summed E-state index contributed by atoms with van der Waals surface area (Å²) in [7, 11) is 0. The van der Waals surface area contributed by atoms with Crippen molar-refractivity contribution in [3.05, 3.63) is 0 Å². The van der Waals surface area contributed by atoms with Crippen molar-refractivity contribution >= 4 is 0 Å². The van der Waals surface area contributed by atoms with E-state index in [2.05, 4.69) is 0 Å². The Labute approximate surface area is 54.6 Å². The molecular formula is C6H12O3. The van der Waals surface area contributed by atoms with Crippen molar-refractivity contribution in [3.63, 3.8) is 0 Å². The normalized spacial score (nSPS) is 45.0. The predicted octanol–water partition coefficient (Wildman–Crippen LogP) is 0.476. The number of hydrogen-bond donors (Lipinski definition) is 1. The molecule has 0 bridgehead atoms. The molecule has 3 nitrogen and oxygen atoms in total. The van der Waals surface area contributed by atoms with E-state index < -0.39 is 6.29 Å². The maximum absolute atomic E-state index is 8.95. The van der Waals surface area contributed by atoms with Gasteiger partial charge in [0.2, 0.25) is 0 Å². The Hall–Kier alpha value is -0.120. The Kier molecular flexibility index (Phi) is 2.05. The highest BCUT2D eigenvalue weighted by Crippen LogP contribution is 2.15. The summed E-state index contributed by atoms with van der Waals surface area (Å²) in [6.45, 7) is 3.70. The molecule has 1 fully saturated rings. The summed E-state index contributed by atoms with van der Waals surface area (Å²) in [6.07, 6.45) is -0.208. The molecule has 1 heterocycles. The number of rotatable bonds is 0. The Bertz CT molecular complexity index is 69.3. The summed E-state index contributed by atoms with van der Waals surface area (Å²) in [5, 5.41) is 8.95. The third-order valence-corrected chi connectivity index (χ3v) is 1.31. The van der Waals surface area contributed by atoms with E-state index in [0.717, 1.165) is 0 Å². The van der Waals surface area contributed by atoms with Crippen molar-refractivity contribution in [3.8, 4) is 0 Å². The molecule has 9 heavy (non-hydrogen) atoms. The first kappa shape index (κ1) is 6.99. The van der Waals surface area contributed by atoms with E-state index >= 15 is 0 Å². The van der Waals surface area contributed by atoms with Crippen LogP contribution in [0.2, 0.25) is 0 Å². The van der Waals surface area contributed by atoms with E-state index in [1.165, 1.54) is 0 Å². The summed E-state index contributed by atoms with van der Waals surface area (Å²) >= 11 is 0. The molecule has 1 N–H and O–H groups in total. The van der Waals surface area contributed by atoms with Crippen molar-refractivity contribution < 1.29 is 14.6 Å². The van der Waals surface area contributed by atoms with Gasteiger partial charge in [0.05, 0.1) is 6.10 Å². The van der Waals surface area contributed by atoms with Crippen LogP contribution in [-0.4, -0.2) is 23.8 Å². The predicted molar refractivity (Wildman–Crippen MR) is 31.7 cm³/mol. The smallest absolute Gasteiger partial charge is 0.160 e. The van der Waals surface area contributed by atoms with Crippen LogP contribution in [0.4, 0.5) is 0 Å². The van der Waals surface area contributed by atoms with E-state index in [1.54, 1.807) is 6.92 Å². The SMILES string of the molecule is C[C@H]1O[C@H](C)C[C@@H](O)O1. The van der Waals surface area contributed by atoms with Crippen LogP contribution in [0.3, 0.4) is 0 Å². The van der Waals surface area contributed by atoms with Gasteiger partial charge in [0.15, 0.2) is 12.6 Å². The monoisotopic (exact) mass is 132 g/mol. The zero-order valence-corrected chi connectivity index (χ0v) is 5.70. The Morgan fingerprint density at radius 2 is 2.00 bits per heavy atom. The van der Waals surface area contributed by atoms with E-state index in [0.29, 0.717) is 6.42 Å². The van der Waals surface area contributed by atoms with Crippen molar-refractivity contribution in [1.82, 2.24) is 0 Å². The summed E-state index contributed by atoms with van der Waals surface area (Å²) in [5.41, 5.74) is 0. The molecule has 54 valence electrons. The van der Waals surface area contributed by atoms with Crippen LogP contribution in [0.5, 0.6) is 0 Å². The lowest BCUT2D eigenvalue weighted by molar-refractivity contribution is -0.283. The zero-order valence-electron chi connectivity index (χ0n) is 5.70. The molecule has 1 aliphatic heterocycles.